The minimum absolute atomic E-state index is 0.0991. The second-order valence-corrected chi connectivity index (χ2v) is 5.43. The maximum atomic E-state index is 13.9. The van der Waals surface area contributed by atoms with E-state index in [9.17, 15) is 4.39 Å². The fourth-order valence-electron chi connectivity index (χ4n) is 2.31. The van der Waals surface area contributed by atoms with Crippen molar-refractivity contribution in [2.75, 3.05) is 6.54 Å². The number of nitrogens with one attached hydrogen (secondary N) is 1. The van der Waals surface area contributed by atoms with Gasteiger partial charge in [0, 0.05) is 6.04 Å². The average molecular weight is 286 g/mol. The maximum absolute atomic E-state index is 13.9. The molecule has 3 heteroatoms. The van der Waals surface area contributed by atoms with Gasteiger partial charge >= 0.3 is 0 Å². The van der Waals surface area contributed by atoms with Gasteiger partial charge in [0.05, 0.1) is 4.47 Å². The van der Waals surface area contributed by atoms with Gasteiger partial charge in [-0.15, -0.1) is 0 Å². The highest BCUT2D eigenvalue weighted by molar-refractivity contribution is 9.10. The van der Waals surface area contributed by atoms with Gasteiger partial charge in [-0.2, -0.15) is 0 Å². The number of hydrogen-bond donors (Lipinski definition) is 1. The highest BCUT2D eigenvalue weighted by Gasteiger charge is 2.16. The molecule has 1 aromatic rings. The second-order valence-electron chi connectivity index (χ2n) is 4.57. The lowest BCUT2D eigenvalue weighted by Crippen LogP contribution is -2.35. The lowest BCUT2D eigenvalue weighted by Gasteiger charge is -2.23. The Hall–Kier alpha value is -0.410. The average Bonchev–Trinajstić information content (AvgIpc) is 2.27. The van der Waals surface area contributed by atoms with Crippen molar-refractivity contribution in [3.63, 3.8) is 0 Å². The molecule has 1 heterocycles. The first-order valence-electron chi connectivity index (χ1n) is 5.84. The van der Waals surface area contributed by atoms with Crippen LogP contribution in [0.4, 0.5) is 4.39 Å². The van der Waals surface area contributed by atoms with E-state index >= 15 is 0 Å². The monoisotopic (exact) mass is 285 g/mol. The summed E-state index contributed by atoms with van der Waals surface area (Å²) in [4.78, 5) is 0. The van der Waals surface area contributed by atoms with E-state index in [1.54, 1.807) is 0 Å². The molecule has 1 aliphatic rings. The predicted octanol–water partition coefficient (Wildman–Crippen LogP) is 3.58. The zero-order chi connectivity index (χ0) is 11.5. The van der Waals surface area contributed by atoms with E-state index in [1.807, 2.05) is 19.1 Å². The molecule has 0 saturated carbocycles. The van der Waals surface area contributed by atoms with Crippen LogP contribution in [-0.2, 0) is 6.42 Å². The van der Waals surface area contributed by atoms with E-state index in [1.165, 1.54) is 12.8 Å². The summed E-state index contributed by atoms with van der Waals surface area (Å²) < 4.78 is 14.4. The summed E-state index contributed by atoms with van der Waals surface area (Å²) in [6.45, 7) is 3.07. The summed E-state index contributed by atoms with van der Waals surface area (Å²) in [7, 11) is 0. The zero-order valence-corrected chi connectivity index (χ0v) is 11.1. The molecule has 1 nitrogen and oxygen atoms in total. The number of halogens is 2. The molecule has 0 spiro atoms. The number of piperidine rings is 1. The summed E-state index contributed by atoms with van der Waals surface area (Å²) in [6, 6.07) is 4.22. The minimum Gasteiger partial charge on any atom is -0.314 e. The Morgan fingerprint density at radius 1 is 1.44 bits per heavy atom. The van der Waals surface area contributed by atoms with Gasteiger partial charge in [-0.05, 0) is 65.9 Å². The molecule has 1 fully saturated rings. The Bertz CT molecular complexity index is 372. The van der Waals surface area contributed by atoms with E-state index in [0.29, 0.717) is 10.5 Å². The van der Waals surface area contributed by atoms with Crippen LogP contribution in [0.3, 0.4) is 0 Å². The van der Waals surface area contributed by atoms with Gasteiger partial charge in [-0.25, -0.2) is 4.39 Å². The van der Waals surface area contributed by atoms with Gasteiger partial charge in [0.15, 0.2) is 0 Å². The Morgan fingerprint density at radius 3 is 2.94 bits per heavy atom. The predicted molar refractivity (Wildman–Crippen MR) is 68.2 cm³/mol. The Kier molecular flexibility index (Phi) is 3.98. The third-order valence-corrected chi connectivity index (χ3v) is 3.70. The second kappa shape index (κ2) is 5.28. The maximum Gasteiger partial charge on any atom is 0.140 e. The van der Waals surface area contributed by atoms with Crippen molar-refractivity contribution in [1.82, 2.24) is 5.32 Å². The van der Waals surface area contributed by atoms with Crippen molar-refractivity contribution in [2.24, 2.45) is 0 Å². The van der Waals surface area contributed by atoms with Gasteiger partial charge in [-0.1, -0.05) is 12.5 Å². The lowest BCUT2D eigenvalue weighted by molar-refractivity contribution is 0.395. The van der Waals surface area contributed by atoms with Crippen LogP contribution >= 0.6 is 15.9 Å². The molecule has 1 aromatic carbocycles. The first-order chi connectivity index (χ1) is 7.66. The van der Waals surface area contributed by atoms with Crippen molar-refractivity contribution < 1.29 is 4.39 Å². The molecule has 1 N–H and O–H groups in total. The smallest absolute Gasteiger partial charge is 0.140 e. The van der Waals surface area contributed by atoms with Crippen molar-refractivity contribution >= 4 is 15.9 Å². The van der Waals surface area contributed by atoms with E-state index in [0.717, 1.165) is 30.5 Å². The first kappa shape index (κ1) is 12.1. The number of benzene rings is 1. The highest BCUT2D eigenvalue weighted by atomic mass is 79.9. The van der Waals surface area contributed by atoms with Crippen molar-refractivity contribution in [2.45, 2.75) is 38.6 Å². The molecular formula is C13H17BrFN. The molecule has 1 saturated heterocycles. The quantitative estimate of drug-likeness (QED) is 0.876. The third-order valence-electron chi connectivity index (χ3n) is 3.13. The van der Waals surface area contributed by atoms with Gasteiger partial charge in [0.1, 0.15) is 5.82 Å². The molecule has 0 radical (unpaired) electrons. The topological polar surface area (TPSA) is 12.0 Å². The van der Waals surface area contributed by atoms with E-state index in [4.69, 9.17) is 0 Å². The fourth-order valence-corrected chi connectivity index (χ4v) is 2.92. The normalized spacial score (nSPS) is 21.1. The molecule has 1 atom stereocenters. The molecule has 0 amide bonds. The van der Waals surface area contributed by atoms with Crippen molar-refractivity contribution in [3.8, 4) is 0 Å². The summed E-state index contributed by atoms with van der Waals surface area (Å²) in [5, 5.41) is 3.45. The largest absolute Gasteiger partial charge is 0.314 e. The van der Waals surface area contributed by atoms with Crippen LogP contribution in [0, 0.1) is 12.7 Å². The summed E-state index contributed by atoms with van der Waals surface area (Å²) in [5.74, 6) is -0.0991. The Morgan fingerprint density at radius 2 is 2.25 bits per heavy atom. The van der Waals surface area contributed by atoms with E-state index in [-0.39, 0.29) is 5.82 Å². The number of aryl methyl sites for hydroxylation is 1. The van der Waals surface area contributed by atoms with Gasteiger partial charge < -0.3 is 5.32 Å². The lowest BCUT2D eigenvalue weighted by atomic mass is 9.97. The molecule has 0 bridgehead atoms. The molecule has 2 rings (SSSR count). The highest BCUT2D eigenvalue weighted by Crippen LogP contribution is 2.23. The number of rotatable bonds is 2. The molecule has 88 valence electrons. The standard InChI is InChI=1S/C13H17BrFN/c1-9-6-10(13(15)12(14)7-9)8-11-4-2-3-5-16-11/h6-7,11,16H,2-5,8H2,1H3. The van der Waals surface area contributed by atoms with Gasteiger partial charge in [0.2, 0.25) is 0 Å². The molecule has 0 aliphatic carbocycles. The van der Waals surface area contributed by atoms with Crippen LogP contribution in [0.5, 0.6) is 0 Å². The van der Waals surface area contributed by atoms with Crippen LogP contribution in [-0.4, -0.2) is 12.6 Å². The van der Waals surface area contributed by atoms with Crippen LogP contribution in [0.2, 0.25) is 0 Å². The molecule has 1 aliphatic heterocycles. The number of hydrogen-bond acceptors (Lipinski definition) is 1. The molecule has 0 aromatic heterocycles. The van der Waals surface area contributed by atoms with Crippen LogP contribution in [0.25, 0.3) is 0 Å². The van der Waals surface area contributed by atoms with Gasteiger partial charge in [-0.3, -0.25) is 0 Å². The van der Waals surface area contributed by atoms with Crippen LogP contribution < -0.4 is 5.32 Å². The van der Waals surface area contributed by atoms with Crippen LogP contribution in [0.15, 0.2) is 16.6 Å². The summed E-state index contributed by atoms with van der Waals surface area (Å²) in [6.07, 6.45) is 4.46. The Labute approximate surface area is 105 Å². The first-order valence-corrected chi connectivity index (χ1v) is 6.64. The molecular weight excluding hydrogens is 269 g/mol. The summed E-state index contributed by atoms with van der Waals surface area (Å²) in [5.41, 5.74) is 1.94. The molecule has 1 unspecified atom stereocenters. The van der Waals surface area contributed by atoms with Crippen molar-refractivity contribution in [3.05, 3.63) is 33.5 Å². The van der Waals surface area contributed by atoms with Crippen LogP contribution in [0.1, 0.15) is 30.4 Å². The van der Waals surface area contributed by atoms with E-state index < -0.39 is 0 Å². The van der Waals surface area contributed by atoms with Crippen molar-refractivity contribution in [1.29, 1.82) is 0 Å². The van der Waals surface area contributed by atoms with E-state index in [2.05, 4.69) is 21.2 Å². The zero-order valence-electron chi connectivity index (χ0n) is 9.52. The van der Waals surface area contributed by atoms with Gasteiger partial charge in [0.25, 0.3) is 0 Å². The minimum atomic E-state index is -0.0991. The summed E-state index contributed by atoms with van der Waals surface area (Å²) >= 11 is 3.27. The third kappa shape index (κ3) is 2.83. The molecule has 16 heavy (non-hydrogen) atoms. The fraction of sp³-hybridized carbons (Fsp3) is 0.538. The SMILES string of the molecule is Cc1cc(Br)c(F)c(CC2CCCCN2)c1. The Balaban J connectivity index is 2.13.